The minimum atomic E-state index is 0.161. The summed E-state index contributed by atoms with van der Waals surface area (Å²) in [5.74, 6) is 0. The van der Waals surface area contributed by atoms with Crippen molar-refractivity contribution in [2.75, 3.05) is 0 Å². The fraction of sp³-hybridized carbons (Fsp3) is 0.333. The fourth-order valence-electron chi connectivity index (χ4n) is 0.956. The summed E-state index contributed by atoms with van der Waals surface area (Å²) in [5.41, 5.74) is 7.01. The van der Waals surface area contributed by atoms with Gasteiger partial charge in [0.2, 0.25) is 0 Å². The minimum Gasteiger partial charge on any atom is -0.324 e. The van der Waals surface area contributed by atoms with Crippen molar-refractivity contribution in [1.29, 1.82) is 0 Å². The van der Waals surface area contributed by atoms with E-state index < -0.39 is 0 Å². The molecule has 0 aliphatic heterocycles. The largest absolute Gasteiger partial charge is 0.324 e. The first-order chi connectivity index (χ1) is 5.20. The zero-order valence-corrected chi connectivity index (χ0v) is 8.14. The van der Waals surface area contributed by atoms with Crippen LogP contribution in [-0.4, -0.2) is 6.04 Å². The highest BCUT2D eigenvalue weighted by atomic mass is 79.9. The molecule has 2 heteroatoms. The summed E-state index contributed by atoms with van der Waals surface area (Å²) in [7, 11) is 0. The molecule has 0 saturated carbocycles. The van der Waals surface area contributed by atoms with Crippen molar-refractivity contribution in [3.8, 4) is 0 Å². The smallest absolute Gasteiger partial charge is 0.0231 e. The number of nitrogens with two attached hydrogens (primary N) is 1. The van der Waals surface area contributed by atoms with Gasteiger partial charge in [-0.15, -0.1) is 0 Å². The van der Waals surface area contributed by atoms with Crippen LogP contribution in [0.1, 0.15) is 13.3 Å². The maximum atomic E-state index is 5.74. The highest BCUT2D eigenvalue weighted by molar-refractivity contribution is 9.11. The van der Waals surface area contributed by atoms with E-state index >= 15 is 0 Å². The lowest BCUT2D eigenvalue weighted by Gasteiger charge is -2.06. The molecule has 0 aromatic rings. The SMILES string of the molecule is CC(N)C1=CC=C(Br)C=CC1. The average Bonchev–Trinajstić information content (AvgIpc) is 2.13. The van der Waals surface area contributed by atoms with Gasteiger partial charge in [0.05, 0.1) is 0 Å². The molecule has 1 aliphatic rings. The van der Waals surface area contributed by atoms with Crippen LogP contribution in [0.25, 0.3) is 0 Å². The van der Waals surface area contributed by atoms with Gasteiger partial charge in [0, 0.05) is 10.5 Å². The van der Waals surface area contributed by atoms with E-state index in [4.69, 9.17) is 5.73 Å². The van der Waals surface area contributed by atoms with Crippen LogP contribution in [0, 0.1) is 0 Å². The summed E-state index contributed by atoms with van der Waals surface area (Å²) < 4.78 is 1.10. The number of rotatable bonds is 1. The van der Waals surface area contributed by atoms with Crippen molar-refractivity contribution >= 4 is 15.9 Å². The predicted molar refractivity (Wildman–Crippen MR) is 52.5 cm³/mol. The van der Waals surface area contributed by atoms with Gasteiger partial charge in [0.1, 0.15) is 0 Å². The van der Waals surface area contributed by atoms with Gasteiger partial charge in [-0.2, -0.15) is 0 Å². The number of allylic oxidation sites excluding steroid dienone is 5. The Bertz CT molecular complexity index is 224. The second kappa shape index (κ2) is 3.88. The quantitative estimate of drug-likeness (QED) is 0.712. The standard InChI is InChI=1S/C9H12BrN/c1-7(11)8-3-2-4-9(10)6-5-8/h2,4-7H,3,11H2,1H3. The molecule has 1 rings (SSSR count). The second-order valence-corrected chi connectivity index (χ2v) is 3.60. The average molecular weight is 214 g/mol. The second-order valence-electron chi connectivity index (χ2n) is 2.69. The van der Waals surface area contributed by atoms with Crippen LogP contribution in [0.15, 0.2) is 34.4 Å². The van der Waals surface area contributed by atoms with E-state index in [0.29, 0.717) is 0 Å². The molecule has 1 nitrogen and oxygen atoms in total. The van der Waals surface area contributed by atoms with Crippen LogP contribution in [0.5, 0.6) is 0 Å². The van der Waals surface area contributed by atoms with E-state index in [1.165, 1.54) is 5.57 Å². The van der Waals surface area contributed by atoms with Crippen LogP contribution in [0.2, 0.25) is 0 Å². The Morgan fingerprint density at radius 1 is 1.55 bits per heavy atom. The highest BCUT2D eigenvalue weighted by Crippen LogP contribution is 2.16. The highest BCUT2D eigenvalue weighted by Gasteiger charge is 2.01. The third-order valence-electron chi connectivity index (χ3n) is 1.67. The first-order valence-corrected chi connectivity index (χ1v) is 4.48. The molecule has 0 saturated heterocycles. The molecule has 60 valence electrons. The normalized spacial score (nSPS) is 20.3. The Hall–Kier alpha value is -0.340. The Morgan fingerprint density at radius 2 is 2.27 bits per heavy atom. The Balaban J connectivity index is 2.78. The molecule has 1 aliphatic carbocycles. The Morgan fingerprint density at radius 3 is 2.91 bits per heavy atom. The van der Waals surface area contributed by atoms with Gasteiger partial charge in [-0.3, -0.25) is 0 Å². The molecule has 2 N–H and O–H groups in total. The van der Waals surface area contributed by atoms with Gasteiger partial charge in [-0.05, 0) is 25.0 Å². The van der Waals surface area contributed by atoms with Crippen LogP contribution < -0.4 is 5.73 Å². The lowest BCUT2D eigenvalue weighted by atomic mass is 10.1. The molecule has 0 aromatic heterocycles. The molecule has 0 fully saturated rings. The van der Waals surface area contributed by atoms with Crippen molar-refractivity contribution < 1.29 is 0 Å². The summed E-state index contributed by atoms with van der Waals surface area (Å²) in [4.78, 5) is 0. The topological polar surface area (TPSA) is 26.0 Å². The molecule has 0 heterocycles. The van der Waals surface area contributed by atoms with Crippen molar-refractivity contribution in [2.45, 2.75) is 19.4 Å². The molecular weight excluding hydrogens is 202 g/mol. The molecule has 0 aromatic carbocycles. The van der Waals surface area contributed by atoms with Crippen molar-refractivity contribution in [3.05, 3.63) is 34.4 Å². The van der Waals surface area contributed by atoms with E-state index in [1.807, 2.05) is 19.1 Å². The third-order valence-corrected chi connectivity index (χ3v) is 2.20. The molecule has 0 spiro atoms. The zero-order valence-electron chi connectivity index (χ0n) is 6.55. The van der Waals surface area contributed by atoms with Gasteiger partial charge in [0.15, 0.2) is 0 Å². The van der Waals surface area contributed by atoms with E-state index in [9.17, 15) is 0 Å². The Kier molecular flexibility index (Phi) is 3.09. The minimum absolute atomic E-state index is 0.161. The molecule has 1 atom stereocenters. The molecular formula is C9H12BrN. The van der Waals surface area contributed by atoms with E-state index in [2.05, 4.69) is 28.1 Å². The lowest BCUT2D eigenvalue weighted by Crippen LogP contribution is -2.17. The van der Waals surface area contributed by atoms with Crippen molar-refractivity contribution in [2.24, 2.45) is 5.73 Å². The zero-order chi connectivity index (χ0) is 8.27. The van der Waals surface area contributed by atoms with Gasteiger partial charge in [-0.25, -0.2) is 0 Å². The first-order valence-electron chi connectivity index (χ1n) is 3.68. The van der Waals surface area contributed by atoms with Crippen molar-refractivity contribution in [3.63, 3.8) is 0 Å². The summed E-state index contributed by atoms with van der Waals surface area (Å²) in [6.07, 6.45) is 9.23. The molecule has 0 amide bonds. The van der Waals surface area contributed by atoms with E-state index in [1.54, 1.807) is 0 Å². The fourth-order valence-corrected chi connectivity index (χ4v) is 1.27. The number of hydrogen-bond donors (Lipinski definition) is 1. The number of halogens is 1. The van der Waals surface area contributed by atoms with Gasteiger partial charge >= 0.3 is 0 Å². The summed E-state index contributed by atoms with van der Waals surface area (Å²) in [6, 6.07) is 0.161. The maximum Gasteiger partial charge on any atom is 0.0231 e. The summed E-state index contributed by atoms with van der Waals surface area (Å²) in [6.45, 7) is 2.01. The molecule has 11 heavy (non-hydrogen) atoms. The van der Waals surface area contributed by atoms with Crippen LogP contribution in [-0.2, 0) is 0 Å². The van der Waals surface area contributed by atoms with Gasteiger partial charge in [-0.1, -0.05) is 34.2 Å². The van der Waals surface area contributed by atoms with Gasteiger partial charge < -0.3 is 5.73 Å². The number of hydrogen-bond acceptors (Lipinski definition) is 1. The first kappa shape index (κ1) is 8.75. The van der Waals surface area contributed by atoms with Crippen LogP contribution in [0.3, 0.4) is 0 Å². The predicted octanol–water partition coefficient (Wildman–Crippen LogP) is 2.50. The summed E-state index contributed by atoms with van der Waals surface area (Å²) in [5, 5.41) is 0. The maximum absolute atomic E-state index is 5.74. The molecule has 0 bridgehead atoms. The molecule has 0 radical (unpaired) electrons. The van der Waals surface area contributed by atoms with Crippen molar-refractivity contribution in [1.82, 2.24) is 0 Å². The van der Waals surface area contributed by atoms with E-state index in [0.717, 1.165) is 10.9 Å². The monoisotopic (exact) mass is 213 g/mol. The van der Waals surface area contributed by atoms with Crippen LogP contribution in [0.4, 0.5) is 0 Å². The van der Waals surface area contributed by atoms with E-state index in [-0.39, 0.29) is 6.04 Å². The Labute approximate surface area is 75.8 Å². The third kappa shape index (κ3) is 2.64. The summed E-state index contributed by atoms with van der Waals surface area (Å²) >= 11 is 3.40. The molecule has 1 unspecified atom stereocenters. The van der Waals surface area contributed by atoms with Gasteiger partial charge in [0.25, 0.3) is 0 Å². The van der Waals surface area contributed by atoms with Crippen LogP contribution >= 0.6 is 15.9 Å². The lowest BCUT2D eigenvalue weighted by molar-refractivity contribution is 0.835.